The second kappa shape index (κ2) is 5.02. The molecular weight excluding hydrogens is 249 g/mol. The molecule has 0 saturated carbocycles. The number of likely N-dealkylation sites (N-methyl/N-ethyl adjacent to an activating group) is 1. The van der Waals surface area contributed by atoms with E-state index < -0.39 is 22.3 Å². The van der Waals surface area contributed by atoms with Crippen molar-refractivity contribution in [3.05, 3.63) is 12.3 Å². The molecule has 5 nitrogen and oxygen atoms in total. The Bertz CT molecular complexity index is 344. The predicted octanol–water partition coefficient (Wildman–Crippen LogP) is 0.727. The molecule has 0 fully saturated rings. The maximum atomic E-state index is 12.1. The third kappa shape index (κ3) is 5.93. The number of hydrazine groups is 1. The average Bonchev–Trinajstić information content (AvgIpc) is 2.27. The number of nitrogens with zero attached hydrogens (tertiary/aromatic N) is 2. The highest BCUT2D eigenvalue weighted by molar-refractivity contribution is 7.85. The summed E-state index contributed by atoms with van der Waals surface area (Å²) >= 11 is 0. The van der Waals surface area contributed by atoms with Crippen molar-refractivity contribution in [2.24, 2.45) is 0 Å². The van der Waals surface area contributed by atoms with Gasteiger partial charge in [-0.3, -0.25) is 4.55 Å². The van der Waals surface area contributed by atoms with Gasteiger partial charge in [0.25, 0.3) is 10.1 Å². The van der Waals surface area contributed by atoms with Crippen molar-refractivity contribution >= 4 is 10.1 Å². The molecule has 0 amide bonds. The molecule has 96 valence electrons. The molecule has 0 spiro atoms. The SMILES string of the molecule is CN1C=CC(C(F)(F)F)N1C.CS(=O)(=O)O. The van der Waals surface area contributed by atoms with Crippen LogP contribution in [0.3, 0.4) is 0 Å². The molecule has 9 heteroatoms. The lowest BCUT2D eigenvalue weighted by atomic mass is 10.3. The number of alkyl halides is 3. The van der Waals surface area contributed by atoms with Crippen LogP contribution in [0.15, 0.2) is 12.3 Å². The van der Waals surface area contributed by atoms with Gasteiger partial charge in [-0.1, -0.05) is 0 Å². The fourth-order valence-electron chi connectivity index (χ4n) is 0.953. The zero-order valence-electron chi connectivity index (χ0n) is 8.93. The molecule has 0 aliphatic carbocycles. The van der Waals surface area contributed by atoms with Crippen molar-refractivity contribution in [1.82, 2.24) is 10.0 Å². The highest BCUT2D eigenvalue weighted by atomic mass is 32.2. The van der Waals surface area contributed by atoms with E-state index in [4.69, 9.17) is 4.55 Å². The Labute approximate surface area is 91.9 Å². The van der Waals surface area contributed by atoms with Gasteiger partial charge in [-0.2, -0.15) is 21.6 Å². The van der Waals surface area contributed by atoms with E-state index in [0.717, 1.165) is 11.1 Å². The lowest BCUT2D eigenvalue weighted by Gasteiger charge is -2.27. The molecule has 1 aliphatic heterocycles. The summed E-state index contributed by atoms with van der Waals surface area (Å²) in [4.78, 5) is 0. The van der Waals surface area contributed by atoms with Crippen molar-refractivity contribution in [3.63, 3.8) is 0 Å². The van der Waals surface area contributed by atoms with Crippen molar-refractivity contribution in [2.45, 2.75) is 12.2 Å². The predicted molar refractivity (Wildman–Crippen MR) is 52.0 cm³/mol. The number of hydrogen-bond donors (Lipinski definition) is 1. The van der Waals surface area contributed by atoms with Gasteiger partial charge in [-0.05, 0) is 6.08 Å². The fourth-order valence-corrected chi connectivity index (χ4v) is 0.953. The van der Waals surface area contributed by atoms with Crippen molar-refractivity contribution in [3.8, 4) is 0 Å². The third-order valence-electron chi connectivity index (χ3n) is 1.72. The first-order chi connectivity index (χ1) is 6.93. The Kier molecular flexibility index (Phi) is 4.77. The van der Waals surface area contributed by atoms with Crippen molar-refractivity contribution in [2.75, 3.05) is 20.4 Å². The Hall–Kier alpha value is -0.800. The first-order valence-corrected chi connectivity index (χ1v) is 5.91. The van der Waals surface area contributed by atoms with Gasteiger partial charge >= 0.3 is 6.18 Å². The van der Waals surface area contributed by atoms with Crippen LogP contribution in [0.4, 0.5) is 13.2 Å². The Morgan fingerprint density at radius 3 is 1.81 bits per heavy atom. The fraction of sp³-hybridized carbons (Fsp3) is 0.714. The highest BCUT2D eigenvalue weighted by Gasteiger charge is 2.43. The van der Waals surface area contributed by atoms with Gasteiger partial charge in [0, 0.05) is 20.3 Å². The van der Waals surface area contributed by atoms with Gasteiger partial charge in [0.05, 0.1) is 6.26 Å². The van der Waals surface area contributed by atoms with E-state index in [1.165, 1.54) is 18.3 Å². The van der Waals surface area contributed by atoms with Crippen molar-refractivity contribution < 1.29 is 26.1 Å². The van der Waals surface area contributed by atoms with Gasteiger partial charge in [0.2, 0.25) is 0 Å². The lowest BCUT2D eigenvalue weighted by Crippen LogP contribution is -2.43. The normalized spacial score (nSPS) is 21.9. The molecule has 1 unspecified atom stereocenters. The topological polar surface area (TPSA) is 60.9 Å². The summed E-state index contributed by atoms with van der Waals surface area (Å²) in [7, 11) is -0.694. The molecule has 1 rings (SSSR count). The molecule has 1 aliphatic rings. The first kappa shape index (κ1) is 15.2. The van der Waals surface area contributed by atoms with Crippen LogP contribution in [0.5, 0.6) is 0 Å². The van der Waals surface area contributed by atoms with Crippen LogP contribution in [0.2, 0.25) is 0 Å². The first-order valence-electron chi connectivity index (χ1n) is 4.06. The van der Waals surface area contributed by atoms with E-state index >= 15 is 0 Å². The minimum absolute atomic E-state index is 0.715. The monoisotopic (exact) mass is 262 g/mol. The number of rotatable bonds is 0. The molecular formula is C7H13F3N2O3S. The van der Waals surface area contributed by atoms with Gasteiger partial charge < -0.3 is 5.01 Å². The summed E-state index contributed by atoms with van der Waals surface area (Å²) in [5.41, 5.74) is 0. The molecule has 0 bridgehead atoms. The molecule has 0 aromatic rings. The Morgan fingerprint density at radius 1 is 1.31 bits per heavy atom. The molecule has 0 aromatic heterocycles. The maximum absolute atomic E-state index is 12.1. The van der Waals surface area contributed by atoms with Gasteiger partial charge in [0.15, 0.2) is 0 Å². The summed E-state index contributed by atoms with van der Waals surface area (Å²) in [6.07, 6.45) is -0.929. The maximum Gasteiger partial charge on any atom is 0.409 e. The van der Waals surface area contributed by atoms with Crippen LogP contribution in [0, 0.1) is 0 Å². The van der Waals surface area contributed by atoms with Crippen LogP contribution in [-0.2, 0) is 10.1 Å². The van der Waals surface area contributed by atoms with Crippen LogP contribution in [-0.4, -0.2) is 55.6 Å². The largest absolute Gasteiger partial charge is 0.409 e. The Morgan fingerprint density at radius 2 is 1.69 bits per heavy atom. The van der Waals surface area contributed by atoms with E-state index in [1.54, 1.807) is 7.05 Å². The summed E-state index contributed by atoms with van der Waals surface area (Å²) in [5.74, 6) is 0. The van der Waals surface area contributed by atoms with Crippen molar-refractivity contribution in [1.29, 1.82) is 0 Å². The zero-order chi connectivity index (χ0) is 13.1. The smallest absolute Gasteiger partial charge is 0.316 e. The van der Waals surface area contributed by atoms with Gasteiger partial charge in [0.1, 0.15) is 6.04 Å². The standard InChI is InChI=1S/C6H9F3N2.CH4O3S/c1-10-4-3-5(11(10)2)6(7,8)9;1-5(2,3)4/h3-5H,1-2H3;1H3,(H,2,3,4). The summed E-state index contributed by atoms with van der Waals surface area (Å²) < 4.78 is 62.1. The van der Waals surface area contributed by atoms with Gasteiger partial charge in [-0.25, -0.2) is 5.01 Å². The molecule has 1 atom stereocenters. The molecule has 1 N–H and O–H groups in total. The van der Waals surface area contributed by atoms with Crippen LogP contribution >= 0.6 is 0 Å². The minimum atomic E-state index is -4.17. The highest BCUT2D eigenvalue weighted by Crippen LogP contribution is 2.28. The molecule has 0 aromatic carbocycles. The van der Waals surface area contributed by atoms with E-state index in [-0.39, 0.29) is 0 Å². The van der Waals surface area contributed by atoms with E-state index in [1.807, 2.05) is 0 Å². The minimum Gasteiger partial charge on any atom is -0.316 e. The van der Waals surface area contributed by atoms with Gasteiger partial charge in [-0.15, -0.1) is 0 Å². The van der Waals surface area contributed by atoms with Crippen LogP contribution in [0.1, 0.15) is 0 Å². The summed E-state index contributed by atoms with van der Waals surface area (Å²) in [5, 5.41) is 2.53. The second-order valence-electron chi connectivity index (χ2n) is 3.21. The number of hydrogen-bond acceptors (Lipinski definition) is 4. The zero-order valence-corrected chi connectivity index (χ0v) is 9.75. The Balaban J connectivity index is 0.000000385. The average molecular weight is 262 g/mol. The second-order valence-corrected chi connectivity index (χ2v) is 4.67. The molecule has 1 heterocycles. The third-order valence-corrected chi connectivity index (χ3v) is 1.72. The molecule has 16 heavy (non-hydrogen) atoms. The van der Waals surface area contributed by atoms with E-state index in [9.17, 15) is 21.6 Å². The van der Waals surface area contributed by atoms with E-state index in [0.29, 0.717) is 6.26 Å². The van der Waals surface area contributed by atoms with Crippen LogP contribution < -0.4 is 0 Å². The quantitative estimate of drug-likeness (QED) is 0.652. The number of halogens is 3. The summed E-state index contributed by atoms with van der Waals surface area (Å²) in [6, 6.07) is -1.47. The summed E-state index contributed by atoms with van der Waals surface area (Å²) in [6.45, 7) is 0. The lowest BCUT2D eigenvalue weighted by molar-refractivity contribution is -0.183. The molecule has 0 radical (unpaired) electrons. The van der Waals surface area contributed by atoms with E-state index in [2.05, 4.69) is 0 Å². The molecule has 0 saturated heterocycles. The van der Waals surface area contributed by atoms with Crippen LogP contribution in [0.25, 0.3) is 0 Å².